The molecule has 3 fully saturated rings. The lowest BCUT2D eigenvalue weighted by atomic mass is 9.48. The number of phenolic OH excluding ortho intramolecular Hbond substituents is 1. The number of ketones is 1. The lowest BCUT2D eigenvalue weighted by Crippen LogP contribution is -2.57. The Balaban J connectivity index is 1.54. The second-order valence-corrected chi connectivity index (χ2v) is 13.7. The van der Waals surface area contributed by atoms with Crippen LogP contribution in [0.4, 0.5) is 0 Å². The zero-order chi connectivity index (χ0) is 26.7. The van der Waals surface area contributed by atoms with Crippen LogP contribution in [-0.4, -0.2) is 27.6 Å². The van der Waals surface area contributed by atoms with Crippen molar-refractivity contribution in [1.82, 2.24) is 5.32 Å². The number of aromatic hydroxyl groups is 1. The van der Waals surface area contributed by atoms with Gasteiger partial charge in [-0.1, -0.05) is 69.5 Å². The van der Waals surface area contributed by atoms with Gasteiger partial charge in [-0.15, -0.1) is 0 Å². The molecule has 1 aromatic carbocycles. The van der Waals surface area contributed by atoms with Gasteiger partial charge in [-0.05, 0) is 73.5 Å². The number of amides is 1. The topological polar surface area (TPSA) is 86.6 Å². The number of carbonyl (C=O) groups is 2. The zero-order valence-corrected chi connectivity index (χ0v) is 23.0. The number of hydrogen-bond donors (Lipinski definition) is 3. The first-order valence-corrected chi connectivity index (χ1v) is 14.0. The Labute approximate surface area is 220 Å². The van der Waals surface area contributed by atoms with Crippen LogP contribution in [0.25, 0.3) is 0 Å². The standard InChI is InChI=1S/C32H41NO4/c1-17-7-12-23-24-25(19(3)14-29(23,5)13-17)30(6)15-18(2)20(4)26-31(37,16-21-8-10-22(34)11-9-21)33-28(36)32(26,30)27(24)35/h8-11,14-15,17,20,23-26,34,37H,7,12-13,16H2,1-6H3,(H,33,36)/t17-,20+,23-,24-,25+,26-,29-,30+,31+,32+/m0/s1. The summed E-state index contributed by atoms with van der Waals surface area (Å²) in [6, 6.07) is 6.74. The summed E-state index contributed by atoms with van der Waals surface area (Å²) in [5.41, 5.74) is -0.445. The molecule has 6 rings (SSSR count). The van der Waals surface area contributed by atoms with Crippen LogP contribution in [0.3, 0.4) is 0 Å². The zero-order valence-electron chi connectivity index (χ0n) is 23.0. The molecular formula is C32H41NO4. The second kappa shape index (κ2) is 7.59. The maximum atomic E-state index is 15.0. The first-order chi connectivity index (χ1) is 17.3. The van der Waals surface area contributed by atoms with E-state index in [1.54, 1.807) is 24.3 Å². The Morgan fingerprint density at radius 2 is 1.68 bits per heavy atom. The number of Topliss-reactive ketones (excluding diaryl/α,β-unsaturated/α-hetero) is 1. The maximum Gasteiger partial charge on any atom is 0.237 e. The van der Waals surface area contributed by atoms with E-state index in [-0.39, 0.29) is 52.9 Å². The summed E-state index contributed by atoms with van der Waals surface area (Å²) < 4.78 is 0. The van der Waals surface area contributed by atoms with Gasteiger partial charge in [0.1, 0.15) is 16.9 Å². The van der Waals surface area contributed by atoms with Gasteiger partial charge in [-0.25, -0.2) is 0 Å². The molecule has 0 aromatic heterocycles. The molecule has 1 saturated heterocycles. The van der Waals surface area contributed by atoms with Crippen molar-refractivity contribution in [2.45, 2.75) is 73.0 Å². The van der Waals surface area contributed by atoms with E-state index in [1.807, 2.05) is 0 Å². The Hall–Kier alpha value is -2.40. The number of nitrogens with one attached hydrogen (secondary N) is 1. The minimum absolute atomic E-state index is 0.0433. The number of aliphatic hydroxyl groups is 1. The average molecular weight is 504 g/mol. The predicted molar refractivity (Wildman–Crippen MR) is 142 cm³/mol. The van der Waals surface area contributed by atoms with Crippen LogP contribution in [-0.2, 0) is 16.0 Å². The van der Waals surface area contributed by atoms with Crippen LogP contribution in [0.5, 0.6) is 5.75 Å². The van der Waals surface area contributed by atoms with E-state index in [2.05, 4.69) is 59.0 Å². The van der Waals surface area contributed by atoms with E-state index in [4.69, 9.17) is 0 Å². The molecule has 0 unspecified atom stereocenters. The van der Waals surface area contributed by atoms with Crippen molar-refractivity contribution < 1.29 is 19.8 Å². The molecule has 0 radical (unpaired) electrons. The molecule has 198 valence electrons. The lowest BCUT2D eigenvalue weighted by Gasteiger charge is -2.53. The smallest absolute Gasteiger partial charge is 0.237 e. The Morgan fingerprint density at radius 1 is 1.00 bits per heavy atom. The van der Waals surface area contributed by atoms with Crippen molar-refractivity contribution in [3.63, 3.8) is 0 Å². The predicted octanol–water partition coefficient (Wildman–Crippen LogP) is 5.18. The summed E-state index contributed by atoms with van der Waals surface area (Å²) in [6.07, 6.45) is 8.05. The lowest BCUT2D eigenvalue weighted by molar-refractivity contribution is -0.151. The third kappa shape index (κ3) is 2.95. The molecule has 1 aliphatic heterocycles. The Bertz CT molecular complexity index is 1250. The normalized spacial score (nSPS) is 48.3. The number of phenols is 1. The van der Waals surface area contributed by atoms with E-state index in [0.29, 0.717) is 5.92 Å². The van der Waals surface area contributed by atoms with Gasteiger partial charge in [0.05, 0.1) is 0 Å². The number of allylic oxidation sites excluding steroid dienone is 4. The van der Waals surface area contributed by atoms with Crippen molar-refractivity contribution in [2.75, 3.05) is 0 Å². The molecule has 5 aliphatic rings. The Kier molecular flexibility index (Phi) is 5.11. The largest absolute Gasteiger partial charge is 0.508 e. The van der Waals surface area contributed by atoms with E-state index in [1.165, 1.54) is 5.57 Å². The van der Waals surface area contributed by atoms with Crippen LogP contribution < -0.4 is 5.32 Å². The fraction of sp³-hybridized carbons (Fsp3) is 0.625. The minimum atomic E-state index is -1.56. The van der Waals surface area contributed by atoms with Gasteiger partial charge in [0.25, 0.3) is 0 Å². The van der Waals surface area contributed by atoms with E-state index in [9.17, 15) is 19.8 Å². The summed E-state index contributed by atoms with van der Waals surface area (Å²) in [7, 11) is 0. The molecule has 0 bridgehead atoms. The number of benzene rings is 1. The van der Waals surface area contributed by atoms with Gasteiger partial charge in [-0.2, -0.15) is 0 Å². The summed E-state index contributed by atoms with van der Waals surface area (Å²) in [6.45, 7) is 13.1. The number of carbonyl (C=O) groups excluding carboxylic acids is 2. The molecule has 1 amide bonds. The molecular weight excluding hydrogens is 462 g/mol. The van der Waals surface area contributed by atoms with Crippen molar-refractivity contribution in [3.8, 4) is 5.75 Å². The van der Waals surface area contributed by atoms with Crippen LogP contribution in [0.2, 0.25) is 0 Å². The number of hydrogen-bond acceptors (Lipinski definition) is 4. The van der Waals surface area contributed by atoms with E-state index < -0.39 is 22.5 Å². The minimum Gasteiger partial charge on any atom is -0.508 e. The maximum absolute atomic E-state index is 15.0. The second-order valence-electron chi connectivity index (χ2n) is 13.7. The van der Waals surface area contributed by atoms with Crippen molar-refractivity contribution in [3.05, 3.63) is 53.1 Å². The van der Waals surface area contributed by atoms with Gasteiger partial charge >= 0.3 is 0 Å². The molecule has 4 aliphatic carbocycles. The molecule has 5 nitrogen and oxygen atoms in total. The van der Waals surface area contributed by atoms with Gasteiger partial charge in [0, 0.05) is 23.7 Å². The molecule has 2 saturated carbocycles. The van der Waals surface area contributed by atoms with Gasteiger partial charge in [0.2, 0.25) is 5.91 Å². The summed E-state index contributed by atoms with van der Waals surface area (Å²) in [4.78, 5) is 29.3. The highest BCUT2D eigenvalue weighted by atomic mass is 16.3. The SMILES string of the molecule is CC1=C[C@]2(C)[C@@H]3C(C)=C[C@]4(C)C[C@@H](C)CC[C@H]4[C@@H]3C(=O)[C@]23C(=O)N[C@@](O)(Cc2ccc(O)cc2)[C@@H]3[C@@H]1C. The quantitative estimate of drug-likeness (QED) is 0.384. The first-order valence-electron chi connectivity index (χ1n) is 14.0. The molecule has 10 atom stereocenters. The van der Waals surface area contributed by atoms with Crippen LogP contribution in [0, 0.1) is 51.8 Å². The first kappa shape index (κ1) is 24.9. The van der Waals surface area contributed by atoms with Gasteiger partial charge < -0.3 is 15.5 Å². The van der Waals surface area contributed by atoms with Crippen LogP contribution in [0.1, 0.15) is 66.4 Å². The monoisotopic (exact) mass is 503 g/mol. The van der Waals surface area contributed by atoms with Crippen molar-refractivity contribution in [1.29, 1.82) is 0 Å². The Morgan fingerprint density at radius 3 is 2.35 bits per heavy atom. The molecule has 5 heteroatoms. The highest BCUT2D eigenvalue weighted by Crippen LogP contribution is 2.74. The van der Waals surface area contributed by atoms with Crippen LogP contribution >= 0.6 is 0 Å². The number of rotatable bonds is 2. The molecule has 1 spiro atoms. The van der Waals surface area contributed by atoms with Crippen LogP contribution in [0.15, 0.2) is 47.6 Å². The van der Waals surface area contributed by atoms with Gasteiger partial charge in [-0.3, -0.25) is 9.59 Å². The third-order valence-electron chi connectivity index (χ3n) is 11.5. The summed E-state index contributed by atoms with van der Waals surface area (Å²) >= 11 is 0. The fourth-order valence-corrected chi connectivity index (χ4v) is 10.3. The summed E-state index contributed by atoms with van der Waals surface area (Å²) in [5, 5.41) is 25.0. The fourth-order valence-electron chi connectivity index (χ4n) is 10.3. The van der Waals surface area contributed by atoms with E-state index >= 15 is 0 Å². The van der Waals surface area contributed by atoms with Crippen molar-refractivity contribution in [2.24, 2.45) is 51.8 Å². The molecule has 37 heavy (non-hydrogen) atoms. The van der Waals surface area contributed by atoms with Gasteiger partial charge in [0.15, 0.2) is 5.78 Å². The molecule has 1 aromatic rings. The summed E-state index contributed by atoms with van der Waals surface area (Å²) in [5.74, 6) is -0.241. The van der Waals surface area contributed by atoms with Crippen molar-refractivity contribution >= 4 is 11.7 Å². The molecule has 3 N–H and O–H groups in total. The third-order valence-corrected chi connectivity index (χ3v) is 11.5. The highest BCUT2D eigenvalue weighted by Gasteiger charge is 2.82. The number of fused-ring (bicyclic) bond motifs is 4. The highest BCUT2D eigenvalue weighted by molar-refractivity contribution is 6.13. The molecule has 1 heterocycles. The average Bonchev–Trinajstić information content (AvgIpc) is 3.16. The van der Waals surface area contributed by atoms with E-state index in [0.717, 1.165) is 30.4 Å².